The Kier molecular flexibility index (Phi) is 5.82. The molecule has 1 aromatic rings. The number of benzene rings is 1. The van der Waals surface area contributed by atoms with Crippen molar-refractivity contribution in [3.05, 3.63) is 29.8 Å². The van der Waals surface area contributed by atoms with Gasteiger partial charge in [-0.05, 0) is 37.1 Å². The quantitative estimate of drug-likeness (QED) is 0.831. The van der Waals surface area contributed by atoms with E-state index in [2.05, 4.69) is 10.0 Å². The second kappa shape index (κ2) is 7.65. The van der Waals surface area contributed by atoms with Crippen molar-refractivity contribution in [2.45, 2.75) is 32.2 Å². The number of likely N-dealkylation sites (tertiary alicyclic amines) is 1. The molecule has 0 aliphatic carbocycles. The molecule has 1 aliphatic heterocycles. The summed E-state index contributed by atoms with van der Waals surface area (Å²) in [5, 5.41) is 2.96. The summed E-state index contributed by atoms with van der Waals surface area (Å²) < 4.78 is 24.7. The fourth-order valence-electron chi connectivity index (χ4n) is 2.67. The maximum absolute atomic E-state index is 12.3. The largest absolute Gasteiger partial charge is 0.349 e. The highest BCUT2D eigenvalue weighted by Crippen LogP contribution is 2.14. The van der Waals surface area contributed by atoms with Crippen molar-refractivity contribution >= 4 is 27.5 Å². The molecule has 0 saturated carbocycles. The molecule has 7 nitrogen and oxygen atoms in total. The second-order valence-electron chi connectivity index (χ2n) is 5.93. The number of nitrogens with one attached hydrogen (secondary N) is 2. The molecule has 2 N–H and O–H groups in total. The van der Waals surface area contributed by atoms with Gasteiger partial charge in [0.2, 0.25) is 15.9 Å². The van der Waals surface area contributed by atoms with E-state index in [1.807, 2.05) is 11.8 Å². The first-order valence-corrected chi connectivity index (χ1v) is 9.84. The SMILES string of the molecule is CCC(=O)N1CCC(NC(=O)c2ccc(NS(C)(=O)=O)cc2)CC1. The third-order valence-corrected chi connectivity index (χ3v) is 4.54. The van der Waals surface area contributed by atoms with E-state index < -0.39 is 10.0 Å². The minimum absolute atomic E-state index is 0.0484. The summed E-state index contributed by atoms with van der Waals surface area (Å²) in [5.41, 5.74) is 0.890. The molecule has 2 amide bonds. The van der Waals surface area contributed by atoms with E-state index >= 15 is 0 Å². The van der Waals surface area contributed by atoms with E-state index in [0.29, 0.717) is 30.8 Å². The highest BCUT2D eigenvalue weighted by atomic mass is 32.2. The summed E-state index contributed by atoms with van der Waals surface area (Å²) >= 11 is 0. The zero-order valence-corrected chi connectivity index (χ0v) is 14.7. The van der Waals surface area contributed by atoms with Crippen LogP contribution in [-0.4, -0.2) is 50.5 Å². The van der Waals surface area contributed by atoms with E-state index in [1.54, 1.807) is 24.3 Å². The summed E-state index contributed by atoms with van der Waals surface area (Å²) in [7, 11) is -3.33. The molecule has 0 unspecified atom stereocenters. The van der Waals surface area contributed by atoms with Gasteiger partial charge in [0.25, 0.3) is 5.91 Å². The average molecular weight is 353 g/mol. The number of hydrogen-bond acceptors (Lipinski definition) is 4. The van der Waals surface area contributed by atoms with Crippen LogP contribution in [0.2, 0.25) is 0 Å². The maximum Gasteiger partial charge on any atom is 0.251 e. The Balaban J connectivity index is 1.88. The third kappa shape index (κ3) is 5.23. The summed E-state index contributed by atoms with van der Waals surface area (Å²) in [6.07, 6.45) is 3.06. The molecule has 2 rings (SSSR count). The maximum atomic E-state index is 12.3. The molecular formula is C16H23N3O4S. The monoisotopic (exact) mass is 353 g/mol. The van der Waals surface area contributed by atoms with Crippen LogP contribution in [0.3, 0.4) is 0 Å². The number of sulfonamides is 1. The van der Waals surface area contributed by atoms with Crippen molar-refractivity contribution in [1.29, 1.82) is 0 Å². The zero-order valence-electron chi connectivity index (χ0n) is 13.9. The molecule has 1 fully saturated rings. The van der Waals surface area contributed by atoms with Crippen LogP contribution < -0.4 is 10.0 Å². The molecule has 0 spiro atoms. The molecule has 1 aliphatic rings. The van der Waals surface area contributed by atoms with Crippen LogP contribution in [0.4, 0.5) is 5.69 Å². The molecule has 1 heterocycles. The van der Waals surface area contributed by atoms with Gasteiger partial charge in [0.1, 0.15) is 0 Å². The van der Waals surface area contributed by atoms with Gasteiger partial charge in [-0.1, -0.05) is 6.92 Å². The number of rotatable bonds is 5. The minimum atomic E-state index is -3.33. The molecule has 0 radical (unpaired) electrons. The van der Waals surface area contributed by atoms with Crippen molar-refractivity contribution in [3.8, 4) is 0 Å². The third-order valence-electron chi connectivity index (χ3n) is 3.94. The first-order valence-electron chi connectivity index (χ1n) is 7.95. The van der Waals surface area contributed by atoms with Crippen molar-refractivity contribution in [2.75, 3.05) is 24.1 Å². The number of amides is 2. The highest BCUT2D eigenvalue weighted by Gasteiger charge is 2.23. The fourth-order valence-corrected chi connectivity index (χ4v) is 3.23. The topological polar surface area (TPSA) is 95.6 Å². The number of anilines is 1. The van der Waals surface area contributed by atoms with Crippen LogP contribution in [0, 0.1) is 0 Å². The van der Waals surface area contributed by atoms with Crippen LogP contribution in [0.25, 0.3) is 0 Å². The van der Waals surface area contributed by atoms with Crippen LogP contribution in [0.15, 0.2) is 24.3 Å². The van der Waals surface area contributed by atoms with Crippen LogP contribution in [0.1, 0.15) is 36.5 Å². The van der Waals surface area contributed by atoms with E-state index in [1.165, 1.54) is 0 Å². The lowest BCUT2D eigenvalue weighted by molar-refractivity contribution is -0.131. The predicted octanol–water partition coefficient (Wildman–Crippen LogP) is 1.19. The summed E-state index contributed by atoms with van der Waals surface area (Å²) in [6.45, 7) is 3.17. The normalized spacial score (nSPS) is 15.8. The Bertz CT molecular complexity index is 693. The number of carbonyl (C=O) groups is 2. The second-order valence-corrected chi connectivity index (χ2v) is 7.68. The van der Waals surface area contributed by atoms with Gasteiger partial charge in [-0.15, -0.1) is 0 Å². The lowest BCUT2D eigenvalue weighted by Gasteiger charge is -2.32. The van der Waals surface area contributed by atoms with E-state index in [9.17, 15) is 18.0 Å². The standard InChI is InChI=1S/C16H23N3O4S/c1-3-15(20)19-10-8-13(9-11-19)17-16(21)12-4-6-14(7-5-12)18-24(2,22)23/h4-7,13,18H,3,8-11H2,1-2H3,(H,17,21). The predicted molar refractivity (Wildman–Crippen MR) is 92.3 cm³/mol. The van der Waals surface area contributed by atoms with Gasteiger partial charge in [0.15, 0.2) is 0 Å². The summed E-state index contributed by atoms with van der Waals surface area (Å²) in [4.78, 5) is 25.7. The average Bonchev–Trinajstić information content (AvgIpc) is 2.54. The van der Waals surface area contributed by atoms with Crippen LogP contribution in [-0.2, 0) is 14.8 Å². The molecule has 24 heavy (non-hydrogen) atoms. The van der Waals surface area contributed by atoms with Crippen molar-refractivity contribution in [2.24, 2.45) is 0 Å². The molecule has 0 bridgehead atoms. The molecule has 1 aromatic carbocycles. The molecule has 0 atom stereocenters. The van der Waals surface area contributed by atoms with E-state index in [0.717, 1.165) is 19.1 Å². The van der Waals surface area contributed by atoms with Gasteiger partial charge in [-0.3, -0.25) is 14.3 Å². The Labute approximate surface area is 142 Å². The van der Waals surface area contributed by atoms with Crippen molar-refractivity contribution in [1.82, 2.24) is 10.2 Å². The van der Waals surface area contributed by atoms with Crippen LogP contribution >= 0.6 is 0 Å². The molecule has 0 aromatic heterocycles. The number of piperidine rings is 1. The molecule has 132 valence electrons. The zero-order chi connectivity index (χ0) is 17.7. The highest BCUT2D eigenvalue weighted by molar-refractivity contribution is 7.92. The molecule has 8 heteroatoms. The number of hydrogen-bond donors (Lipinski definition) is 2. The van der Waals surface area contributed by atoms with Gasteiger partial charge in [-0.25, -0.2) is 8.42 Å². The van der Waals surface area contributed by atoms with Gasteiger partial charge in [0.05, 0.1) is 6.26 Å². The first kappa shape index (κ1) is 18.3. The summed E-state index contributed by atoms with van der Waals surface area (Å²) in [6, 6.07) is 6.32. The minimum Gasteiger partial charge on any atom is -0.349 e. The lowest BCUT2D eigenvalue weighted by atomic mass is 10.0. The molecule has 1 saturated heterocycles. The number of carbonyl (C=O) groups excluding carboxylic acids is 2. The Morgan fingerprint density at radius 1 is 1.17 bits per heavy atom. The van der Waals surface area contributed by atoms with Gasteiger partial charge in [0, 0.05) is 36.8 Å². The van der Waals surface area contributed by atoms with Crippen molar-refractivity contribution in [3.63, 3.8) is 0 Å². The Morgan fingerprint density at radius 3 is 2.25 bits per heavy atom. The van der Waals surface area contributed by atoms with Gasteiger partial charge < -0.3 is 10.2 Å². The Hall–Kier alpha value is -2.09. The van der Waals surface area contributed by atoms with Gasteiger partial charge in [-0.2, -0.15) is 0 Å². The Morgan fingerprint density at radius 2 is 1.75 bits per heavy atom. The first-order chi connectivity index (χ1) is 11.3. The lowest BCUT2D eigenvalue weighted by Crippen LogP contribution is -2.46. The van der Waals surface area contributed by atoms with Crippen molar-refractivity contribution < 1.29 is 18.0 Å². The van der Waals surface area contributed by atoms with E-state index in [4.69, 9.17) is 0 Å². The number of nitrogens with zero attached hydrogens (tertiary/aromatic N) is 1. The van der Waals surface area contributed by atoms with E-state index in [-0.39, 0.29) is 17.9 Å². The fraction of sp³-hybridized carbons (Fsp3) is 0.500. The van der Waals surface area contributed by atoms with Gasteiger partial charge >= 0.3 is 0 Å². The van der Waals surface area contributed by atoms with Crippen LogP contribution in [0.5, 0.6) is 0 Å². The smallest absolute Gasteiger partial charge is 0.251 e. The molecular weight excluding hydrogens is 330 g/mol. The summed E-state index contributed by atoms with van der Waals surface area (Å²) in [5.74, 6) is -0.0464.